The molecule has 5 rings (SSSR count). The van der Waals surface area contributed by atoms with Gasteiger partial charge in [0.05, 0.1) is 9.92 Å². The molecule has 0 bridgehead atoms. The third kappa shape index (κ3) is 3.17. The van der Waals surface area contributed by atoms with Crippen LogP contribution in [0.4, 0.5) is 5.95 Å². The Hall–Kier alpha value is -1.86. The fourth-order valence-electron chi connectivity index (χ4n) is 4.44. The number of fused-ring (bicyclic) bond motifs is 1. The van der Waals surface area contributed by atoms with Gasteiger partial charge in [-0.05, 0) is 37.2 Å². The molecule has 1 aliphatic carbocycles. The van der Waals surface area contributed by atoms with Gasteiger partial charge in [-0.15, -0.1) is 0 Å². The summed E-state index contributed by atoms with van der Waals surface area (Å²) in [5, 5.41) is 5.08. The molecule has 4 heterocycles. The van der Waals surface area contributed by atoms with Gasteiger partial charge in [0.2, 0.25) is 5.95 Å². The first-order chi connectivity index (χ1) is 13.2. The molecule has 0 aromatic carbocycles. The van der Waals surface area contributed by atoms with Crippen LogP contribution < -0.4 is 4.90 Å². The van der Waals surface area contributed by atoms with Crippen molar-refractivity contribution < 1.29 is 0 Å². The maximum Gasteiger partial charge on any atom is 0.228 e. The number of aromatic nitrogens is 5. The van der Waals surface area contributed by atoms with Gasteiger partial charge in [-0.1, -0.05) is 36.2 Å². The maximum atomic E-state index is 6.26. The van der Waals surface area contributed by atoms with E-state index in [9.17, 15) is 0 Å². The van der Waals surface area contributed by atoms with Crippen molar-refractivity contribution in [2.24, 2.45) is 5.41 Å². The van der Waals surface area contributed by atoms with E-state index in [0.717, 1.165) is 34.5 Å². The zero-order chi connectivity index (χ0) is 18.3. The Bertz CT molecular complexity index is 958. The lowest BCUT2D eigenvalue weighted by Gasteiger charge is -2.39. The Morgan fingerprint density at radius 2 is 1.81 bits per heavy atom. The van der Waals surface area contributed by atoms with Crippen LogP contribution >= 0.6 is 23.4 Å². The highest BCUT2D eigenvalue weighted by molar-refractivity contribution is 7.99. The van der Waals surface area contributed by atoms with Crippen LogP contribution in [0, 0.1) is 5.41 Å². The van der Waals surface area contributed by atoms with E-state index in [4.69, 9.17) is 16.6 Å². The van der Waals surface area contributed by atoms with Crippen molar-refractivity contribution in [1.82, 2.24) is 24.6 Å². The van der Waals surface area contributed by atoms with Crippen LogP contribution in [0.3, 0.4) is 0 Å². The van der Waals surface area contributed by atoms with E-state index in [1.165, 1.54) is 38.5 Å². The Labute approximate surface area is 167 Å². The van der Waals surface area contributed by atoms with Crippen molar-refractivity contribution in [3.05, 3.63) is 36.0 Å². The first kappa shape index (κ1) is 17.3. The Morgan fingerprint density at radius 3 is 2.59 bits per heavy atom. The minimum Gasteiger partial charge on any atom is -0.341 e. The van der Waals surface area contributed by atoms with E-state index < -0.39 is 0 Å². The van der Waals surface area contributed by atoms with Crippen molar-refractivity contribution in [2.45, 2.75) is 48.3 Å². The van der Waals surface area contributed by atoms with Crippen LogP contribution in [-0.4, -0.2) is 37.7 Å². The third-order valence-electron chi connectivity index (χ3n) is 5.98. The number of halogens is 1. The normalized spacial score (nSPS) is 19.2. The molecule has 1 saturated carbocycles. The lowest BCUT2D eigenvalue weighted by molar-refractivity contribution is 0.225. The molecular weight excluding hydrogens is 380 g/mol. The zero-order valence-corrected chi connectivity index (χ0v) is 16.6. The SMILES string of the molecule is Clc1cnccc1Sc1cnc(N2CCC3(CCCC3)CC2)n2ncnc12. The van der Waals surface area contributed by atoms with Gasteiger partial charge in [-0.2, -0.15) is 9.61 Å². The zero-order valence-electron chi connectivity index (χ0n) is 15.0. The lowest BCUT2D eigenvalue weighted by Crippen LogP contribution is -2.40. The molecule has 140 valence electrons. The second-order valence-corrected chi connectivity index (χ2v) is 9.01. The number of anilines is 1. The average molecular weight is 401 g/mol. The summed E-state index contributed by atoms with van der Waals surface area (Å²) in [6.45, 7) is 2.09. The number of nitrogens with zero attached hydrogens (tertiary/aromatic N) is 6. The van der Waals surface area contributed by atoms with Gasteiger partial charge in [-0.3, -0.25) is 4.98 Å². The van der Waals surface area contributed by atoms with E-state index in [-0.39, 0.29) is 0 Å². The molecule has 2 fully saturated rings. The molecule has 8 heteroatoms. The van der Waals surface area contributed by atoms with Gasteiger partial charge in [0, 0.05) is 36.6 Å². The van der Waals surface area contributed by atoms with Gasteiger partial charge in [0.1, 0.15) is 6.33 Å². The molecule has 2 aliphatic rings. The number of hydrogen-bond acceptors (Lipinski definition) is 6. The number of pyridine rings is 1. The fourth-order valence-corrected chi connectivity index (χ4v) is 5.53. The quantitative estimate of drug-likeness (QED) is 0.645. The molecule has 0 atom stereocenters. The number of rotatable bonds is 3. The highest BCUT2D eigenvalue weighted by Crippen LogP contribution is 2.46. The molecule has 3 aromatic rings. The molecule has 3 aromatic heterocycles. The Kier molecular flexibility index (Phi) is 4.44. The summed E-state index contributed by atoms with van der Waals surface area (Å²) in [5.41, 5.74) is 1.41. The summed E-state index contributed by atoms with van der Waals surface area (Å²) < 4.78 is 1.87. The van der Waals surface area contributed by atoms with E-state index in [2.05, 4.69) is 20.0 Å². The van der Waals surface area contributed by atoms with E-state index >= 15 is 0 Å². The predicted octanol–water partition coefficient (Wildman–Crippen LogP) is 4.48. The number of hydrogen-bond donors (Lipinski definition) is 0. The van der Waals surface area contributed by atoms with Crippen molar-refractivity contribution >= 4 is 35.0 Å². The molecular formula is C19H21ClN6S. The molecule has 27 heavy (non-hydrogen) atoms. The first-order valence-electron chi connectivity index (χ1n) is 9.45. The van der Waals surface area contributed by atoms with Crippen LogP contribution in [0.2, 0.25) is 5.02 Å². The summed E-state index contributed by atoms with van der Waals surface area (Å²) in [6, 6.07) is 1.90. The van der Waals surface area contributed by atoms with Crippen molar-refractivity contribution in [1.29, 1.82) is 0 Å². The van der Waals surface area contributed by atoms with Crippen LogP contribution in [0.15, 0.2) is 40.8 Å². The molecule has 1 aliphatic heterocycles. The fraction of sp³-hybridized carbons (Fsp3) is 0.474. The maximum absolute atomic E-state index is 6.26. The van der Waals surface area contributed by atoms with Crippen molar-refractivity contribution in [3.8, 4) is 0 Å². The summed E-state index contributed by atoms with van der Waals surface area (Å²) in [4.78, 5) is 17.5. The molecule has 1 spiro atoms. The second kappa shape index (κ2) is 6.95. The van der Waals surface area contributed by atoms with Crippen LogP contribution in [-0.2, 0) is 0 Å². The van der Waals surface area contributed by atoms with Gasteiger partial charge in [-0.25, -0.2) is 9.97 Å². The second-order valence-electron chi connectivity index (χ2n) is 7.52. The standard InChI is InChI=1S/C19H21ClN6S/c20-14-11-21-8-3-15(14)27-16-12-22-18(26-17(16)23-13-24-26)25-9-6-19(7-10-25)4-1-2-5-19/h3,8,11-13H,1-2,4-7,9-10H2. The van der Waals surface area contributed by atoms with Crippen molar-refractivity contribution in [2.75, 3.05) is 18.0 Å². The summed E-state index contributed by atoms with van der Waals surface area (Å²) in [6.07, 6.45) is 15.0. The molecule has 0 unspecified atom stereocenters. The minimum absolute atomic E-state index is 0.589. The molecule has 0 amide bonds. The van der Waals surface area contributed by atoms with E-state index in [1.54, 1.807) is 30.5 Å². The lowest BCUT2D eigenvalue weighted by atomic mass is 9.77. The van der Waals surface area contributed by atoms with Gasteiger partial charge >= 0.3 is 0 Å². The third-order valence-corrected chi connectivity index (χ3v) is 7.48. The smallest absolute Gasteiger partial charge is 0.228 e. The predicted molar refractivity (Wildman–Crippen MR) is 107 cm³/mol. The molecule has 0 radical (unpaired) electrons. The highest BCUT2D eigenvalue weighted by atomic mass is 35.5. The van der Waals surface area contributed by atoms with Crippen LogP contribution in [0.25, 0.3) is 5.65 Å². The topological polar surface area (TPSA) is 59.2 Å². The molecule has 6 nitrogen and oxygen atoms in total. The minimum atomic E-state index is 0.589. The Morgan fingerprint density at radius 1 is 1.00 bits per heavy atom. The Balaban J connectivity index is 1.42. The van der Waals surface area contributed by atoms with E-state index in [0.29, 0.717) is 10.4 Å². The van der Waals surface area contributed by atoms with E-state index in [1.807, 2.05) is 16.8 Å². The van der Waals surface area contributed by atoms with Gasteiger partial charge < -0.3 is 4.90 Å². The summed E-state index contributed by atoms with van der Waals surface area (Å²) in [7, 11) is 0. The van der Waals surface area contributed by atoms with Crippen molar-refractivity contribution in [3.63, 3.8) is 0 Å². The molecule has 0 N–H and O–H groups in total. The monoisotopic (exact) mass is 400 g/mol. The largest absolute Gasteiger partial charge is 0.341 e. The first-order valence-corrected chi connectivity index (χ1v) is 10.6. The van der Waals surface area contributed by atoms with Gasteiger partial charge in [0.25, 0.3) is 0 Å². The summed E-state index contributed by atoms with van der Waals surface area (Å²) >= 11 is 7.80. The number of piperidine rings is 1. The van der Waals surface area contributed by atoms with Crippen LogP contribution in [0.1, 0.15) is 38.5 Å². The summed E-state index contributed by atoms with van der Waals surface area (Å²) in [5.74, 6) is 0.889. The van der Waals surface area contributed by atoms with Crippen LogP contribution in [0.5, 0.6) is 0 Å². The van der Waals surface area contributed by atoms with Gasteiger partial charge in [0.15, 0.2) is 5.65 Å². The highest BCUT2D eigenvalue weighted by Gasteiger charge is 2.37. The molecule has 1 saturated heterocycles. The average Bonchev–Trinajstić information content (AvgIpc) is 3.35.